The normalized spacial score (nSPS) is 17.6. The number of alkyl carbamates (subject to hydrolysis) is 1. The number of carbonyl (C=O) groups excluding carboxylic acids is 5. The first-order valence-corrected chi connectivity index (χ1v) is 16.8. The van der Waals surface area contributed by atoms with Gasteiger partial charge in [0, 0.05) is 25.7 Å². The van der Waals surface area contributed by atoms with Gasteiger partial charge in [0.25, 0.3) is 11.8 Å². The van der Waals surface area contributed by atoms with E-state index in [0.29, 0.717) is 24.5 Å². The number of nitrogens with one attached hydrogen (secondary N) is 2. The number of hydrogen-bond donors (Lipinski definition) is 2. The van der Waals surface area contributed by atoms with Gasteiger partial charge in [0.2, 0.25) is 5.96 Å². The molecule has 3 aromatic rings. The second-order valence-corrected chi connectivity index (χ2v) is 14.0. The zero-order valence-electron chi connectivity index (χ0n) is 29.2. The highest BCUT2D eigenvalue weighted by Gasteiger charge is 2.60. The van der Waals surface area contributed by atoms with E-state index in [-0.39, 0.29) is 40.0 Å². The summed E-state index contributed by atoms with van der Waals surface area (Å²) in [5, 5.41) is 5.09. The van der Waals surface area contributed by atoms with E-state index in [1.807, 2.05) is 0 Å². The third-order valence-corrected chi connectivity index (χ3v) is 8.64. The van der Waals surface area contributed by atoms with Gasteiger partial charge in [0.1, 0.15) is 23.8 Å². The molecule has 0 spiro atoms. The Bertz CT molecular complexity index is 1910. The van der Waals surface area contributed by atoms with Crippen molar-refractivity contribution >= 4 is 47.3 Å². The number of guanidine groups is 1. The quantitative estimate of drug-likeness (QED) is 0.243. The lowest BCUT2D eigenvalue weighted by Crippen LogP contribution is -2.50. The second kappa shape index (κ2) is 15.1. The van der Waals surface area contributed by atoms with E-state index in [4.69, 9.17) is 21.1 Å². The van der Waals surface area contributed by atoms with Gasteiger partial charge >= 0.3 is 12.2 Å². The maximum atomic E-state index is 14.9. The molecule has 12 nitrogen and oxygen atoms in total. The average molecular weight is 738 g/mol. The molecule has 0 unspecified atom stereocenters. The Morgan fingerprint density at radius 1 is 1.02 bits per heavy atom. The molecular weight excluding hydrogens is 700 g/mol. The lowest BCUT2D eigenvalue weighted by Gasteiger charge is -2.32. The van der Waals surface area contributed by atoms with Crippen molar-refractivity contribution in [2.24, 2.45) is 10.9 Å². The van der Waals surface area contributed by atoms with Crippen molar-refractivity contribution in [3.8, 4) is 0 Å². The van der Waals surface area contributed by atoms with Crippen LogP contribution in [0.2, 0.25) is 5.02 Å². The number of halogens is 3. The van der Waals surface area contributed by atoms with Crippen LogP contribution in [0, 0.1) is 17.6 Å². The van der Waals surface area contributed by atoms with Crippen LogP contribution in [-0.4, -0.2) is 78.4 Å². The standard InChI is InChI=1S/C37H38ClF2N5O7/c1-36(2,3)52-34(49)42-33-43-37(23-12-13-23,24-16-25(39)18-26(40)17-24)32(48)45(33)29(20-51-35(50)44(4)5)22-11-14-28(38)27(15-22)31(47)41-19-30(46)21-9-7-6-8-10-21/h6-11,14-18,23,29H,12-13,19-20H2,1-5H3,(H,41,47)(H,42,43,49)/t29-,37-/m1/s1. The summed E-state index contributed by atoms with van der Waals surface area (Å²) in [6, 6.07) is 14.0. The second-order valence-electron chi connectivity index (χ2n) is 13.6. The van der Waals surface area contributed by atoms with E-state index in [1.54, 1.807) is 51.1 Å². The molecular formula is C37H38ClF2N5O7. The molecule has 5 rings (SSSR count). The Morgan fingerprint density at radius 2 is 1.67 bits per heavy atom. The summed E-state index contributed by atoms with van der Waals surface area (Å²) in [5.41, 5.74) is -2.39. The van der Waals surface area contributed by atoms with E-state index in [9.17, 15) is 32.8 Å². The van der Waals surface area contributed by atoms with Crippen molar-refractivity contribution in [1.29, 1.82) is 0 Å². The van der Waals surface area contributed by atoms with Crippen molar-refractivity contribution < 1.29 is 42.2 Å². The minimum Gasteiger partial charge on any atom is -0.447 e. The highest BCUT2D eigenvalue weighted by atomic mass is 35.5. The van der Waals surface area contributed by atoms with E-state index < -0.39 is 65.3 Å². The minimum absolute atomic E-state index is 0.00790. The van der Waals surface area contributed by atoms with Crippen LogP contribution in [0.5, 0.6) is 0 Å². The van der Waals surface area contributed by atoms with Crippen LogP contribution in [0.1, 0.15) is 71.5 Å². The smallest absolute Gasteiger partial charge is 0.414 e. The summed E-state index contributed by atoms with van der Waals surface area (Å²) >= 11 is 6.46. The molecule has 1 aliphatic heterocycles. The molecule has 1 heterocycles. The van der Waals surface area contributed by atoms with Crippen LogP contribution >= 0.6 is 11.6 Å². The fourth-order valence-corrected chi connectivity index (χ4v) is 5.99. The van der Waals surface area contributed by atoms with Gasteiger partial charge in [-0.25, -0.2) is 23.4 Å². The number of ketones is 1. The summed E-state index contributed by atoms with van der Waals surface area (Å²) in [5.74, 6) is -4.54. The molecule has 1 saturated carbocycles. The Morgan fingerprint density at radius 3 is 2.27 bits per heavy atom. The fourth-order valence-electron chi connectivity index (χ4n) is 5.79. The van der Waals surface area contributed by atoms with Crippen molar-refractivity contribution in [2.45, 2.75) is 50.8 Å². The summed E-state index contributed by atoms with van der Waals surface area (Å²) < 4.78 is 40.4. The minimum atomic E-state index is -1.87. The lowest BCUT2D eigenvalue weighted by atomic mass is 9.84. The van der Waals surface area contributed by atoms with Crippen molar-refractivity contribution in [3.63, 3.8) is 0 Å². The number of rotatable bonds is 10. The van der Waals surface area contributed by atoms with Crippen molar-refractivity contribution in [1.82, 2.24) is 20.4 Å². The number of nitrogens with zero attached hydrogens (tertiary/aromatic N) is 3. The Hall–Kier alpha value is -5.37. The zero-order valence-corrected chi connectivity index (χ0v) is 29.9. The van der Waals surface area contributed by atoms with Crippen LogP contribution in [0.15, 0.2) is 71.7 Å². The molecule has 3 aromatic carbocycles. The Labute approximate surface area is 304 Å². The van der Waals surface area contributed by atoms with Gasteiger partial charge in [-0.3, -0.25) is 24.6 Å². The highest BCUT2D eigenvalue weighted by Crippen LogP contribution is 2.53. The number of Topliss-reactive ketones (excluding diaryl/α,β-unsaturated/α-hetero) is 1. The van der Waals surface area contributed by atoms with Gasteiger partial charge in [-0.05, 0) is 74.9 Å². The Balaban J connectivity index is 1.59. The molecule has 0 bridgehead atoms. The number of aliphatic imine (C=N–C) groups is 1. The first-order valence-electron chi connectivity index (χ1n) is 16.4. The number of amides is 4. The van der Waals surface area contributed by atoms with Crippen LogP contribution < -0.4 is 10.6 Å². The molecule has 52 heavy (non-hydrogen) atoms. The molecule has 15 heteroatoms. The number of carbonyl (C=O) groups is 5. The van der Waals surface area contributed by atoms with Crippen LogP contribution in [0.4, 0.5) is 18.4 Å². The third-order valence-electron chi connectivity index (χ3n) is 8.31. The molecule has 1 aliphatic carbocycles. The van der Waals surface area contributed by atoms with E-state index in [0.717, 1.165) is 21.9 Å². The molecule has 2 atom stereocenters. The number of hydrogen-bond acceptors (Lipinski definition) is 8. The molecule has 0 saturated heterocycles. The first kappa shape index (κ1) is 37.9. The van der Waals surface area contributed by atoms with Crippen molar-refractivity contribution in [2.75, 3.05) is 27.2 Å². The summed E-state index contributed by atoms with van der Waals surface area (Å²) in [6.07, 6.45) is -0.797. The van der Waals surface area contributed by atoms with Gasteiger partial charge in [0.15, 0.2) is 11.3 Å². The fraction of sp³-hybridized carbons (Fsp3) is 0.351. The predicted molar refractivity (Wildman–Crippen MR) is 187 cm³/mol. The molecule has 0 radical (unpaired) electrons. The van der Waals surface area contributed by atoms with E-state index in [2.05, 4.69) is 15.6 Å². The Kier molecular flexibility index (Phi) is 11.0. The largest absolute Gasteiger partial charge is 0.447 e. The van der Waals surface area contributed by atoms with Crippen molar-refractivity contribution in [3.05, 3.63) is 106 Å². The SMILES string of the molecule is CN(C)C(=O)OC[C@H](c1ccc(Cl)c(C(=O)NCC(=O)c2ccccc2)c1)N1C(=O)[C@](c2cc(F)cc(F)c2)(C2CC2)N=C1NC(=O)OC(C)(C)C. The monoisotopic (exact) mass is 737 g/mol. The van der Waals surface area contributed by atoms with Gasteiger partial charge in [-0.2, -0.15) is 0 Å². The topological polar surface area (TPSA) is 147 Å². The molecule has 4 amide bonds. The van der Waals surface area contributed by atoms with Gasteiger partial charge in [-0.1, -0.05) is 48.0 Å². The molecule has 2 N–H and O–H groups in total. The van der Waals surface area contributed by atoms with Gasteiger partial charge in [0.05, 0.1) is 23.2 Å². The molecule has 2 aliphatic rings. The van der Waals surface area contributed by atoms with E-state index >= 15 is 0 Å². The molecule has 274 valence electrons. The predicted octanol–water partition coefficient (Wildman–Crippen LogP) is 6.00. The zero-order chi connectivity index (χ0) is 38.0. The highest BCUT2D eigenvalue weighted by molar-refractivity contribution is 6.34. The van der Waals surface area contributed by atoms with E-state index in [1.165, 1.54) is 32.3 Å². The van der Waals surface area contributed by atoms with Crippen LogP contribution in [-0.2, 0) is 19.8 Å². The number of benzene rings is 3. The van der Waals surface area contributed by atoms with Gasteiger partial charge in [-0.15, -0.1) is 0 Å². The molecule has 0 aromatic heterocycles. The maximum Gasteiger partial charge on any atom is 0.414 e. The third kappa shape index (κ3) is 8.39. The van der Waals surface area contributed by atoms with Gasteiger partial charge < -0.3 is 19.7 Å². The lowest BCUT2D eigenvalue weighted by molar-refractivity contribution is -0.134. The summed E-state index contributed by atoms with van der Waals surface area (Å²) in [7, 11) is 2.90. The van der Waals surface area contributed by atoms with Crippen LogP contribution in [0.3, 0.4) is 0 Å². The number of ether oxygens (including phenoxy) is 2. The van der Waals surface area contributed by atoms with Crippen LogP contribution in [0.25, 0.3) is 0 Å². The summed E-state index contributed by atoms with van der Waals surface area (Å²) in [6.45, 7) is 4.03. The average Bonchev–Trinajstić information content (AvgIpc) is 3.88. The maximum absolute atomic E-state index is 14.9. The first-order chi connectivity index (χ1) is 24.5. The molecule has 1 fully saturated rings. The summed E-state index contributed by atoms with van der Waals surface area (Å²) in [4.78, 5) is 73.8.